The van der Waals surface area contributed by atoms with Crippen LogP contribution in [-0.2, 0) is 38.5 Å². The number of carbonyl (C=O) groups is 6. The van der Waals surface area contributed by atoms with Crippen molar-refractivity contribution < 1.29 is 59.4 Å². The number of carbonyl (C=O) groups excluding carboxylic acids is 6. The molecule has 84 heavy (non-hydrogen) atoms. The van der Waals surface area contributed by atoms with Crippen molar-refractivity contribution in [2.75, 3.05) is 0 Å². The van der Waals surface area contributed by atoms with E-state index < -0.39 is 35.5 Å². The Morgan fingerprint density at radius 1 is 0.250 bits per heavy atom. The van der Waals surface area contributed by atoms with Gasteiger partial charge in [0.15, 0.2) is 34.7 Å². The Morgan fingerprint density at radius 3 is 0.429 bits per heavy atom. The van der Waals surface area contributed by atoms with Crippen LogP contribution in [0.5, 0.6) is 34.5 Å². The second-order valence-corrected chi connectivity index (χ2v) is 24.0. The van der Waals surface area contributed by atoms with E-state index in [1.165, 1.54) is 0 Å². The molecular formula is C72H84O12. The predicted octanol–water partition coefficient (Wildman–Crippen LogP) is 15.2. The third-order valence-electron chi connectivity index (χ3n) is 18.0. The summed E-state index contributed by atoms with van der Waals surface area (Å²) < 4.78 is 0. The van der Waals surface area contributed by atoms with Crippen LogP contribution in [0.4, 0.5) is 0 Å². The molecule has 6 N–H and O–H groups in total. The monoisotopic (exact) mass is 1140 g/mol. The summed E-state index contributed by atoms with van der Waals surface area (Å²) >= 11 is 0. The second-order valence-electron chi connectivity index (χ2n) is 24.0. The number of benzene rings is 6. The third kappa shape index (κ3) is 13.4. The van der Waals surface area contributed by atoms with E-state index >= 15 is 0 Å². The van der Waals surface area contributed by atoms with Crippen LogP contribution in [0.15, 0.2) is 72.8 Å². The van der Waals surface area contributed by atoms with E-state index in [0.29, 0.717) is 38.5 Å². The third-order valence-corrected chi connectivity index (χ3v) is 18.0. The maximum absolute atomic E-state index is 14.3. The molecule has 0 saturated carbocycles. The smallest absolute Gasteiger partial charge is 0.165 e. The van der Waals surface area contributed by atoms with Crippen molar-refractivity contribution in [1.82, 2.24) is 0 Å². The highest BCUT2D eigenvalue weighted by molar-refractivity contribution is 6.02. The summed E-state index contributed by atoms with van der Waals surface area (Å²) in [5, 5.41) is 75.1. The topological polar surface area (TPSA) is 224 Å². The molecule has 0 radical (unpaired) electrons. The lowest BCUT2D eigenvalue weighted by Crippen LogP contribution is -2.14. The summed E-state index contributed by atoms with van der Waals surface area (Å²) in [5.41, 5.74) is 4.10. The molecule has 6 aromatic carbocycles. The summed E-state index contributed by atoms with van der Waals surface area (Å²) in [7, 11) is 0. The van der Waals surface area contributed by atoms with Gasteiger partial charge in [-0.2, -0.15) is 0 Å². The lowest BCUT2D eigenvalue weighted by molar-refractivity contribution is 0.0919. The van der Waals surface area contributed by atoms with Crippen LogP contribution in [-0.4, -0.2) is 65.3 Å². The molecule has 444 valence electrons. The van der Waals surface area contributed by atoms with E-state index in [2.05, 4.69) is 0 Å². The molecule has 0 heterocycles. The van der Waals surface area contributed by atoms with Crippen LogP contribution in [0.1, 0.15) is 251 Å². The lowest BCUT2D eigenvalue weighted by Gasteiger charge is -2.21. The maximum atomic E-state index is 14.3. The van der Waals surface area contributed by atoms with Crippen LogP contribution in [0, 0.1) is 35.5 Å². The van der Waals surface area contributed by atoms with Crippen LogP contribution in [0.2, 0.25) is 0 Å². The summed E-state index contributed by atoms with van der Waals surface area (Å²) in [4.78, 5) is 85.7. The number of phenols is 6. The number of phenolic OH excluding ortho intramolecular Hbond substituents is 6. The minimum absolute atomic E-state index is 0.199. The summed E-state index contributed by atoms with van der Waals surface area (Å²) in [5.74, 6) is -5.55. The molecule has 0 saturated heterocycles. The van der Waals surface area contributed by atoms with E-state index in [1.54, 1.807) is 114 Å². The van der Waals surface area contributed by atoms with Gasteiger partial charge in [-0.15, -0.1) is 0 Å². The van der Waals surface area contributed by atoms with E-state index in [9.17, 15) is 59.4 Å². The van der Waals surface area contributed by atoms with E-state index in [1.807, 2.05) is 41.5 Å². The molecule has 0 aromatic heterocycles. The molecular weight excluding hydrogens is 1060 g/mol. The highest BCUT2D eigenvalue weighted by Gasteiger charge is 2.29. The standard InChI is InChI=1S/C72H84O12/c1-13-37(7)61(73)43-19-49-31-51-21-44(62(74)38(8)14-2)23-53(68(51)80)33-55-25-46(64(76)40(10)16-4)27-57(70(55)82)35-59-29-48(66(78)42(12)18-6)30-60(72(59)84)36-58-28-47(65(77)41(11)17-5)26-56(71(58)83)34-54-24-45(63(75)39(9)15-3)22-52(69(54)81)32-50(20-43)67(49)79/h19-30,37-42,79-84H,13-18,31-36H2,1-12H3. The van der Waals surface area contributed by atoms with Gasteiger partial charge in [0.1, 0.15) is 34.5 Å². The first-order valence-corrected chi connectivity index (χ1v) is 30.1. The summed E-state index contributed by atoms with van der Waals surface area (Å²) in [6, 6.07) is 18.8. The van der Waals surface area contributed by atoms with Crippen LogP contribution >= 0.6 is 0 Å². The number of Topliss-reactive ketones (excluding diaryl/α,β-unsaturated/α-hetero) is 6. The molecule has 0 fully saturated rings. The minimum atomic E-state index is -0.439. The Labute approximate surface area is 495 Å². The number of hydrogen-bond acceptors (Lipinski definition) is 12. The van der Waals surface area contributed by atoms with Crippen LogP contribution in [0.25, 0.3) is 0 Å². The minimum Gasteiger partial charge on any atom is -0.507 e. The number of rotatable bonds is 18. The molecule has 12 bridgehead atoms. The van der Waals surface area contributed by atoms with Crippen molar-refractivity contribution in [1.29, 1.82) is 0 Å². The molecule has 6 aromatic rings. The first-order valence-electron chi connectivity index (χ1n) is 30.1. The zero-order valence-electron chi connectivity index (χ0n) is 51.0. The molecule has 6 atom stereocenters. The SMILES string of the molecule is CCC(C)C(=O)c1cc2c(O)c(c1)Cc1cc(C(=O)C(C)CC)cc(c1O)Cc1cc(C(=O)C(C)CC)cc(c1O)Cc1cc(C(=O)C(C)CC)cc(c1O)Cc1cc(C(=O)C(C)CC)cc(c1O)Cc1cc(C(=O)C(C)CC)cc(c1O)C2. The van der Waals surface area contributed by atoms with Crippen molar-refractivity contribution in [3.05, 3.63) is 173 Å². The van der Waals surface area contributed by atoms with Crippen molar-refractivity contribution in [3.8, 4) is 34.5 Å². The van der Waals surface area contributed by atoms with Gasteiger partial charge >= 0.3 is 0 Å². The Hall–Kier alpha value is -7.86. The zero-order chi connectivity index (χ0) is 61.8. The number of aromatic hydroxyl groups is 6. The molecule has 1 aliphatic rings. The van der Waals surface area contributed by atoms with Gasteiger partial charge in [0.05, 0.1) is 0 Å². The largest absolute Gasteiger partial charge is 0.507 e. The van der Waals surface area contributed by atoms with Crippen molar-refractivity contribution in [2.24, 2.45) is 35.5 Å². The van der Waals surface area contributed by atoms with E-state index in [-0.39, 0.29) is 208 Å². The first kappa shape index (κ1) is 63.7. The molecule has 6 unspecified atom stereocenters. The molecule has 7 rings (SSSR count). The average molecular weight is 1140 g/mol. The molecule has 12 nitrogen and oxygen atoms in total. The quantitative estimate of drug-likeness (QED) is 0.0442. The lowest BCUT2D eigenvalue weighted by atomic mass is 9.85. The zero-order valence-corrected chi connectivity index (χ0v) is 51.0. The van der Waals surface area contributed by atoms with Gasteiger partial charge in [0, 0.05) is 107 Å². The van der Waals surface area contributed by atoms with Crippen LogP contribution in [0.3, 0.4) is 0 Å². The second kappa shape index (κ2) is 26.8. The predicted molar refractivity (Wildman–Crippen MR) is 328 cm³/mol. The van der Waals surface area contributed by atoms with Gasteiger partial charge < -0.3 is 30.6 Å². The first-order chi connectivity index (χ1) is 39.8. The Kier molecular flexibility index (Phi) is 20.3. The number of fused-ring (bicyclic) bond motifs is 12. The molecule has 0 aliphatic heterocycles. The normalized spacial score (nSPS) is 14.7. The Bertz CT molecular complexity index is 2820. The van der Waals surface area contributed by atoms with Crippen molar-refractivity contribution in [3.63, 3.8) is 0 Å². The number of hydrogen-bond donors (Lipinski definition) is 6. The fraction of sp³-hybridized carbons (Fsp3) is 0.417. The fourth-order valence-corrected chi connectivity index (χ4v) is 11.1. The van der Waals surface area contributed by atoms with Crippen molar-refractivity contribution in [2.45, 2.75) is 160 Å². The fourth-order valence-electron chi connectivity index (χ4n) is 11.1. The van der Waals surface area contributed by atoms with Gasteiger partial charge in [-0.3, -0.25) is 28.8 Å². The van der Waals surface area contributed by atoms with Gasteiger partial charge in [0.25, 0.3) is 0 Å². The molecule has 0 amide bonds. The summed E-state index contributed by atoms with van der Waals surface area (Å²) in [6.07, 6.45) is 1.81. The van der Waals surface area contributed by atoms with E-state index in [0.717, 1.165) is 0 Å². The highest BCUT2D eigenvalue weighted by Crippen LogP contribution is 2.42. The average Bonchev–Trinajstić information content (AvgIpc) is 3.68. The Balaban J connectivity index is 1.62. The molecule has 12 heteroatoms. The molecule has 0 spiro atoms. The summed E-state index contributed by atoms with van der Waals surface area (Å²) in [6.45, 7) is 22.1. The Morgan fingerprint density at radius 2 is 0.345 bits per heavy atom. The van der Waals surface area contributed by atoms with Gasteiger partial charge in [0.2, 0.25) is 0 Å². The van der Waals surface area contributed by atoms with Crippen molar-refractivity contribution >= 4 is 34.7 Å². The number of ketones is 6. The van der Waals surface area contributed by atoms with E-state index in [4.69, 9.17) is 0 Å². The van der Waals surface area contributed by atoms with Gasteiger partial charge in [-0.1, -0.05) is 83.1 Å². The van der Waals surface area contributed by atoms with Gasteiger partial charge in [-0.25, -0.2) is 0 Å². The maximum Gasteiger partial charge on any atom is 0.165 e. The molecule has 1 aliphatic carbocycles. The highest BCUT2D eigenvalue weighted by atomic mass is 16.3. The van der Waals surface area contributed by atoms with Gasteiger partial charge in [-0.05, 0) is 178 Å². The van der Waals surface area contributed by atoms with Crippen LogP contribution < -0.4 is 0 Å².